The fraction of sp³-hybridized carbons (Fsp3) is 0.438. The summed E-state index contributed by atoms with van der Waals surface area (Å²) < 4.78 is 0. The predicted octanol–water partition coefficient (Wildman–Crippen LogP) is 4.38. The molecule has 1 unspecified atom stereocenters. The van der Waals surface area contributed by atoms with E-state index in [2.05, 4.69) is 50.3 Å². The van der Waals surface area contributed by atoms with Crippen molar-refractivity contribution in [3.63, 3.8) is 0 Å². The molecule has 0 amide bonds. The first-order valence-electron chi connectivity index (χ1n) is 6.29. The Morgan fingerprint density at radius 1 is 1.18 bits per heavy atom. The molecule has 0 heterocycles. The molecule has 0 aromatic heterocycles. The van der Waals surface area contributed by atoms with Crippen LogP contribution >= 0.6 is 0 Å². The maximum Gasteiger partial charge on any atom is 0 e. The van der Waals surface area contributed by atoms with Gasteiger partial charge in [0.15, 0.2) is 0 Å². The monoisotopic (exact) mass is 301 g/mol. The third-order valence-corrected chi connectivity index (χ3v) is 4.09. The topological polar surface area (TPSA) is 0 Å². The van der Waals surface area contributed by atoms with E-state index in [-0.39, 0.29) is 26.2 Å². The molecule has 0 aromatic carbocycles. The van der Waals surface area contributed by atoms with Gasteiger partial charge in [0, 0.05) is 26.2 Å². The van der Waals surface area contributed by atoms with Gasteiger partial charge in [0.2, 0.25) is 0 Å². The summed E-state index contributed by atoms with van der Waals surface area (Å²) in [6.07, 6.45) is 17.3. The van der Waals surface area contributed by atoms with Crippen molar-refractivity contribution in [3.8, 4) is 0 Å². The van der Waals surface area contributed by atoms with Gasteiger partial charge in [-0.3, -0.25) is 0 Å². The molecule has 3 rings (SSSR count). The Bertz CT molecular complexity index is 421. The number of hydrogen-bond donors (Lipinski definition) is 0. The van der Waals surface area contributed by atoms with Crippen molar-refractivity contribution in [1.82, 2.24) is 0 Å². The maximum absolute atomic E-state index is 2.40. The van der Waals surface area contributed by atoms with E-state index in [9.17, 15) is 0 Å². The number of allylic oxidation sites excluding steroid dienone is 8. The van der Waals surface area contributed by atoms with Crippen molar-refractivity contribution in [2.24, 2.45) is 11.3 Å². The van der Waals surface area contributed by atoms with Crippen molar-refractivity contribution in [2.75, 3.05) is 0 Å². The summed E-state index contributed by atoms with van der Waals surface area (Å²) in [7, 11) is 0. The Morgan fingerprint density at radius 3 is 2.65 bits per heavy atom. The van der Waals surface area contributed by atoms with E-state index in [0.717, 1.165) is 12.3 Å². The third-order valence-electron chi connectivity index (χ3n) is 4.09. The molecule has 0 spiro atoms. The molecule has 0 saturated heterocycles. The van der Waals surface area contributed by atoms with Crippen molar-refractivity contribution in [2.45, 2.75) is 33.1 Å². The Balaban J connectivity index is 0.00000108. The van der Waals surface area contributed by atoms with Crippen LogP contribution in [0.25, 0.3) is 0 Å². The largest absolute Gasteiger partial charge is 0.155 e. The Morgan fingerprint density at radius 2 is 1.94 bits per heavy atom. The van der Waals surface area contributed by atoms with Crippen molar-refractivity contribution < 1.29 is 26.2 Å². The maximum atomic E-state index is 2.40. The molecule has 0 aliphatic heterocycles. The summed E-state index contributed by atoms with van der Waals surface area (Å²) in [5.41, 5.74) is 3.52. The van der Waals surface area contributed by atoms with Crippen LogP contribution in [0, 0.1) is 17.3 Å². The Hall–Kier alpha value is -0.287. The molecule has 0 N–H and O–H groups in total. The summed E-state index contributed by atoms with van der Waals surface area (Å²) >= 11 is 0. The van der Waals surface area contributed by atoms with E-state index in [4.69, 9.17) is 0 Å². The fourth-order valence-electron chi connectivity index (χ4n) is 3.52. The van der Waals surface area contributed by atoms with Crippen LogP contribution in [-0.2, 0) is 26.2 Å². The van der Waals surface area contributed by atoms with Gasteiger partial charge in [0.05, 0.1) is 0 Å². The van der Waals surface area contributed by atoms with Crippen molar-refractivity contribution in [1.29, 1.82) is 0 Å². The molecular weight excluding hydrogens is 283 g/mol. The molecule has 1 fully saturated rings. The van der Waals surface area contributed by atoms with Crippen LogP contribution in [0.15, 0.2) is 47.6 Å². The average molecular weight is 303 g/mol. The molecule has 3 aliphatic rings. The van der Waals surface area contributed by atoms with Crippen LogP contribution in [0.2, 0.25) is 0 Å². The van der Waals surface area contributed by atoms with E-state index in [1.54, 1.807) is 17.1 Å². The van der Waals surface area contributed by atoms with Gasteiger partial charge in [-0.2, -0.15) is 12.2 Å². The molecule has 3 aliphatic carbocycles. The fourth-order valence-corrected chi connectivity index (χ4v) is 3.52. The van der Waals surface area contributed by atoms with Gasteiger partial charge in [-0.1, -0.05) is 31.4 Å². The Labute approximate surface area is 124 Å². The van der Waals surface area contributed by atoms with E-state index in [1.807, 2.05) is 0 Å². The third kappa shape index (κ3) is 2.19. The quantitative estimate of drug-likeness (QED) is 0.631. The second kappa shape index (κ2) is 4.77. The second-order valence-electron chi connectivity index (χ2n) is 5.77. The minimum Gasteiger partial charge on any atom is -0.155 e. The normalized spacial score (nSPS) is 28.6. The molecule has 0 radical (unpaired) electrons. The average Bonchev–Trinajstić information content (AvgIpc) is 2.80. The van der Waals surface area contributed by atoms with Gasteiger partial charge in [-0.15, -0.1) is 29.2 Å². The SMILES string of the molecule is CC1(C)CC2CC=CC=C2[C-]1C1=CC=CC1.[Zr]. The van der Waals surface area contributed by atoms with Crippen LogP contribution < -0.4 is 0 Å². The Kier molecular flexibility index (Phi) is 3.69. The van der Waals surface area contributed by atoms with Crippen molar-refractivity contribution >= 4 is 0 Å². The van der Waals surface area contributed by atoms with E-state index in [0.29, 0.717) is 5.41 Å². The molecule has 1 atom stereocenters. The first-order valence-corrected chi connectivity index (χ1v) is 6.29. The first kappa shape index (κ1) is 13.2. The number of hydrogen-bond acceptors (Lipinski definition) is 0. The van der Waals surface area contributed by atoms with E-state index in [1.165, 1.54) is 12.8 Å². The number of rotatable bonds is 1. The zero-order valence-corrected chi connectivity index (χ0v) is 13.1. The second-order valence-corrected chi connectivity index (χ2v) is 5.77. The van der Waals surface area contributed by atoms with Gasteiger partial charge >= 0.3 is 0 Å². The predicted molar refractivity (Wildman–Crippen MR) is 68.8 cm³/mol. The molecule has 0 nitrogen and oxygen atoms in total. The van der Waals surface area contributed by atoms with Crippen LogP contribution in [0.4, 0.5) is 0 Å². The molecule has 1 saturated carbocycles. The van der Waals surface area contributed by atoms with Crippen LogP contribution in [0.5, 0.6) is 0 Å². The van der Waals surface area contributed by atoms with Gasteiger partial charge in [-0.05, 0) is 25.2 Å². The minimum absolute atomic E-state index is 0. The summed E-state index contributed by atoms with van der Waals surface area (Å²) in [5.74, 6) is 2.41. The molecule has 0 bridgehead atoms. The molecule has 1 heteroatoms. The molecule has 0 aromatic rings. The van der Waals surface area contributed by atoms with Crippen LogP contribution in [0.1, 0.15) is 33.1 Å². The van der Waals surface area contributed by atoms with Crippen molar-refractivity contribution in [3.05, 3.63) is 53.5 Å². The van der Waals surface area contributed by atoms with Gasteiger partial charge < -0.3 is 0 Å². The number of fused-ring (bicyclic) bond motifs is 1. The van der Waals surface area contributed by atoms with Gasteiger partial charge in [0.25, 0.3) is 0 Å². The first-order chi connectivity index (χ1) is 7.68. The standard InChI is InChI=1S/C16H19.Zr/c1-16(2)11-13-9-5-6-10-14(13)15(16)12-7-3-4-8-12;/h3-7,10,13H,8-9,11H2,1-2H3;/q-1;. The van der Waals surface area contributed by atoms with Crippen LogP contribution in [-0.4, -0.2) is 0 Å². The minimum atomic E-state index is 0. The molecular formula is C16H19Zr-. The smallest absolute Gasteiger partial charge is 0 e. The summed E-state index contributed by atoms with van der Waals surface area (Å²) in [6.45, 7) is 4.81. The zero-order chi connectivity index (χ0) is 11.2. The molecule has 17 heavy (non-hydrogen) atoms. The summed E-state index contributed by atoms with van der Waals surface area (Å²) in [6, 6.07) is 0. The van der Waals surface area contributed by atoms with Crippen LogP contribution in [0.3, 0.4) is 0 Å². The van der Waals surface area contributed by atoms with Gasteiger partial charge in [0.1, 0.15) is 0 Å². The molecule has 88 valence electrons. The zero-order valence-electron chi connectivity index (χ0n) is 10.7. The van der Waals surface area contributed by atoms with E-state index >= 15 is 0 Å². The summed E-state index contributed by atoms with van der Waals surface area (Å²) in [5, 5.41) is 0. The summed E-state index contributed by atoms with van der Waals surface area (Å²) in [4.78, 5) is 0. The van der Waals surface area contributed by atoms with Gasteiger partial charge in [-0.25, -0.2) is 0 Å². The van der Waals surface area contributed by atoms with E-state index < -0.39 is 0 Å².